The van der Waals surface area contributed by atoms with Crippen LogP contribution in [0.25, 0.3) is 10.1 Å². The highest BCUT2D eigenvalue weighted by molar-refractivity contribution is 7.91. The van der Waals surface area contributed by atoms with Crippen LogP contribution in [0.3, 0.4) is 0 Å². The lowest BCUT2D eigenvalue weighted by atomic mass is 10.2. The van der Waals surface area contributed by atoms with Crippen LogP contribution < -0.4 is 10.1 Å². The number of ether oxygens (including phenoxy) is 1. The van der Waals surface area contributed by atoms with Gasteiger partial charge in [0.1, 0.15) is 5.75 Å². The number of rotatable bonds is 6. The summed E-state index contributed by atoms with van der Waals surface area (Å²) in [4.78, 5) is 12.6. The van der Waals surface area contributed by atoms with Gasteiger partial charge in [0.05, 0.1) is 22.5 Å². The zero-order valence-corrected chi connectivity index (χ0v) is 15.9. The van der Waals surface area contributed by atoms with Crippen LogP contribution in [0.4, 0.5) is 5.69 Å². The Morgan fingerprint density at radius 1 is 1.23 bits per heavy atom. The molecule has 0 spiro atoms. The third kappa shape index (κ3) is 4.03. The number of carbonyl (C=O) groups excluding carboxylic acids is 1. The van der Waals surface area contributed by atoms with Gasteiger partial charge in [-0.15, -0.1) is 0 Å². The number of hydrogen-bond acceptors (Lipinski definition) is 6. The molecular formula is C18H18N2O4S2. The highest BCUT2D eigenvalue weighted by Gasteiger charge is 2.23. The summed E-state index contributed by atoms with van der Waals surface area (Å²) in [5.74, 6) is -0.732. The van der Waals surface area contributed by atoms with E-state index in [1.54, 1.807) is 31.3 Å². The van der Waals surface area contributed by atoms with Gasteiger partial charge in [-0.3, -0.25) is 4.79 Å². The molecule has 3 aromatic rings. The fourth-order valence-electron chi connectivity index (χ4n) is 2.50. The number of methoxy groups -OCH3 is 1. The fourth-order valence-corrected chi connectivity index (χ4v) is 4.68. The number of sulfone groups is 1. The Kier molecular flexibility index (Phi) is 5.24. The number of aromatic nitrogens is 1. The summed E-state index contributed by atoms with van der Waals surface area (Å²) in [7, 11) is -2.06. The van der Waals surface area contributed by atoms with Crippen molar-refractivity contribution in [2.45, 2.75) is 11.8 Å². The van der Waals surface area contributed by atoms with Crippen LogP contribution in [-0.4, -0.2) is 31.6 Å². The molecule has 0 radical (unpaired) electrons. The molecule has 0 saturated heterocycles. The van der Waals surface area contributed by atoms with E-state index in [1.165, 1.54) is 30.8 Å². The first-order valence-electron chi connectivity index (χ1n) is 7.91. The van der Waals surface area contributed by atoms with Gasteiger partial charge in [-0.05, 0) is 54.0 Å². The molecule has 1 atom stereocenters. The van der Waals surface area contributed by atoms with Gasteiger partial charge < -0.3 is 10.1 Å². The Hall–Kier alpha value is -2.45. The average Bonchev–Trinajstić information content (AvgIpc) is 3.09. The molecule has 1 aromatic heterocycles. The Labute approximate surface area is 155 Å². The monoisotopic (exact) mass is 390 g/mol. The molecule has 0 aliphatic carbocycles. The molecule has 0 aliphatic heterocycles. The van der Waals surface area contributed by atoms with E-state index in [0.717, 1.165) is 10.1 Å². The number of fused-ring (bicyclic) bond motifs is 1. The smallest absolute Gasteiger partial charge is 0.228 e. The molecule has 1 N–H and O–H groups in total. The van der Waals surface area contributed by atoms with E-state index in [9.17, 15) is 13.2 Å². The summed E-state index contributed by atoms with van der Waals surface area (Å²) in [5, 5.41) is 3.71. The van der Waals surface area contributed by atoms with Crippen molar-refractivity contribution >= 4 is 43.1 Å². The van der Waals surface area contributed by atoms with Crippen LogP contribution in [0, 0.1) is 5.92 Å². The number of benzene rings is 2. The maximum Gasteiger partial charge on any atom is 0.228 e. The second kappa shape index (κ2) is 7.43. The second-order valence-corrected chi connectivity index (χ2v) is 8.79. The summed E-state index contributed by atoms with van der Waals surface area (Å²) in [5.41, 5.74) is 0.622. The molecule has 0 aliphatic rings. The van der Waals surface area contributed by atoms with Crippen LogP contribution in [0.5, 0.6) is 5.75 Å². The predicted molar refractivity (Wildman–Crippen MR) is 102 cm³/mol. The lowest BCUT2D eigenvalue weighted by molar-refractivity contribution is -0.118. The van der Waals surface area contributed by atoms with Gasteiger partial charge >= 0.3 is 0 Å². The van der Waals surface area contributed by atoms with Gasteiger partial charge in [0, 0.05) is 23.2 Å². The second-order valence-electron chi connectivity index (χ2n) is 5.93. The summed E-state index contributed by atoms with van der Waals surface area (Å²) in [6.45, 7) is 1.60. The summed E-state index contributed by atoms with van der Waals surface area (Å²) >= 11 is 1.38. The maximum atomic E-state index is 12.5. The van der Waals surface area contributed by atoms with Gasteiger partial charge in [-0.2, -0.15) is 4.37 Å². The number of amides is 1. The van der Waals surface area contributed by atoms with E-state index in [4.69, 9.17) is 4.74 Å². The van der Waals surface area contributed by atoms with Crippen LogP contribution in [-0.2, 0) is 14.6 Å². The minimum Gasteiger partial charge on any atom is -0.497 e. The van der Waals surface area contributed by atoms with E-state index in [0.29, 0.717) is 11.4 Å². The van der Waals surface area contributed by atoms with Gasteiger partial charge in [0.2, 0.25) is 5.91 Å². The molecule has 1 heterocycles. The van der Waals surface area contributed by atoms with Crippen molar-refractivity contribution in [3.05, 3.63) is 48.7 Å². The van der Waals surface area contributed by atoms with Crippen molar-refractivity contribution in [1.82, 2.24) is 4.37 Å². The minimum absolute atomic E-state index is 0.170. The van der Waals surface area contributed by atoms with Gasteiger partial charge in [0.15, 0.2) is 9.84 Å². The molecule has 136 valence electrons. The van der Waals surface area contributed by atoms with Gasteiger partial charge in [-0.1, -0.05) is 6.92 Å². The molecule has 2 aromatic carbocycles. The summed E-state index contributed by atoms with van der Waals surface area (Å²) in [6.07, 6.45) is 1.73. The van der Waals surface area contributed by atoms with Gasteiger partial charge in [-0.25, -0.2) is 8.42 Å². The molecule has 0 bridgehead atoms. The molecule has 6 nitrogen and oxygen atoms in total. The van der Waals surface area contributed by atoms with Crippen molar-refractivity contribution in [3.8, 4) is 5.75 Å². The van der Waals surface area contributed by atoms with E-state index in [1.807, 2.05) is 12.1 Å². The van der Waals surface area contributed by atoms with Crippen LogP contribution in [0.2, 0.25) is 0 Å². The Morgan fingerprint density at radius 3 is 2.65 bits per heavy atom. The number of anilines is 1. The normalized spacial score (nSPS) is 12.7. The topological polar surface area (TPSA) is 85.4 Å². The molecule has 8 heteroatoms. The number of nitrogens with zero attached hydrogens (tertiary/aromatic N) is 1. The third-order valence-corrected chi connectivity index (χ3v) is 6.66. The Balaban J connectivity index is 1.69. The fraction of sp³-hybridized carbons (Fsp3) is 0.222. The summed E-state index contributed by atoms with van der Waals surface area (Å²) in [6, 6.07) is 11.6. The highest BCUT2D eigenvalue weighted by Crippen LogP contribution is 2.23. The van der Waals surface area contributed by atoms with Crippen LogP contribution >= 0.6 is 11.5 Å². The standard InChI is InChI=1S/C18H18N2O4S2/c1-12(11-26(22,23)16-6-4-15(24-2)5-7-16)18(21)20-14-3-8-17-13(9-14)10-19-25-17/h3-10,12H,11H2,1-2H3,(H,20,21). The SMILES string of the molecule is COc1ccc(S(=O)(=O)CC(C)C(=O)Nc2ccc3sncc3c2)cc1. The number of carbonyl (C=O) groups is 1. The lowest BCUT2D eigenvalue weighted by Gasteiger charge is -2.13. The van der Waals surface area contributed by atoms with Crippen molar-refractivity contribution < 1.29 is 17.9 Å². The van der Waals surface area contributed by atoms with Crippen molar-refractivity contribution in [2.75, 3.05) is 18.2 Å². The highest BCUT2D eigenvalue weighted by atomic mass is 32.2. The predicted octanol–water partition coefficient (Wildman–Crippen LogP) is 3.35. The Bertz CT molecular complexity index is 1030. The molecule has 1 amide bonds. The van der Waals surface area contributed by atoms with Crippen LogP contribution in [0.1, 0.15) is 6.92 Å². The third-order valence-electron chi connectivity index (χ3n) is 3.96. The van der Waals surface area contributed by atoms with E-state index in [2.05, 4.69) is 9.69 Å². The van der Waals surface area contributed by atoms with E-state index in [-0.39, 0.29) is 16.6 Å². The van der Waals surface area contributed by atoms with Crippen molar-refractivity contribution in [3.63, 3.8) is 0 Å². The van der Waals surface area contributed by atoms with Crippen molar-refractivity contribution in [1.29, 1.82) is 0 Å². The largest absolute Gasteiger partial charge is 0.497 e. The first kappa shape index (κ1) is 18.3. The lowest BCUT2D eigenvalue weighted by Crippen LogP contribution is -2.27. The molecule has 1 unspecified atom stereocenters. The number of nitrogens with one attached hydrogen (secondary N) is 1. The average molecular weight is 390 g/mol. The molecule has 0 fully saturated rings. The molecule has 3 rings (SSSR count). The molecule has 0 saturated carbocycles. The first-order valence-corrected chi connectivity index (χ1v) is 10.3. The van der Waals surface area contributed by atoms with Gasteiger partial charge in [0.25, 0.3) is 0 Å². The quantitative estimate of drug-likeness (QED) is 0.698. The van der Waals surface area contributed by atoms with Crippen LogP contribution in [0.15, 0.2) is 53.6 Å². The molecule has 26 heavy (non-hydrogen) atoms. The number of hydrogen-bond donors (Lipinski definition) is 1. The zero-order valence-electron chi connectivity index (χ0n) is 14.3. The van der Waals surface area contributed by atoms with E-state index < -0.39 is 15.8 Å². The maximum absolute atomic E-state index is 12.5. The van der Waals surface area contributed by atoms with E-state index >= 15 is 0 Å². The first-order chi connectivity index (χ1) is 12.4. The minimum atomic E-state index is -3.57. The van der Waals surface area contributed by atoms with Crippen molar-refractivity contribution in [2.24, 2.45) is 5.92 Å². The zero-order chi connectivity index (χ0) is 18.7. The Morgan fingerprint density at radius 2 is 1.96 bits per heavy atom. The summed E-state index contributed by atoms with van der Waals surface area (Å²) < 4.78 is 35.2. The molecular weight excluding hydrogens is 372 g/mol.